The molecule has 4 heteroatoms. The van der Waals surface area contributed by atoms with Crippen molar-refractivity contribution in [2.45, 2.75) is 13.5 Å². The molecule has 0 fully saturated rings. The number of nitrogens with zero attached hydrogens (tertiary/aromatic N) is 1. The zero-order chi connectivity index (χ0) is 14.2. The molecule has 0 spiro atoms. The average Bonchev–Trinajstić information content (AvgIpc) is 2.46. The molecule has 0 heterocycles. The topological polar surface area (TPSA) is 33.6 Å². The van der Waals surface area contributed by atoms with Crippen molar-refractivity contribution in [3.05, 3.63) is 64.7 Å². The van der Waals surface area contributed by atoms with Crippen LogP contribution in [0.2, 0.25) is 5.02 Å². The summed E-state index contributed by atoms with van der Waals surface area (Å²) >= 11 is 6.07. The van der Waals surface area contributed by atoms with E-state index in [4.69, 9.17) is 16.3 Å². The van der Waals surface area contributed by atoms with E-state index < -0.39 is 0 Å². The molecule has 0 bridgehead atoms. The highest BCUT2D eigenvalue weighted by Gasteiger charge is 1.96. The number of nitrogens with one attached hydrogen (secondary N) is 1. The van der Waals surface area contributed by atoms with Crippen LogP contribution in [0.1, 0.15) is 18.1 Å². The highest BCUT2D eigenvalue weighted by Crippen LogP contribution is 2.14. The van der Waals surface area contributed by atoms with E-state index in [0.717, 1.165) is 21.9 Å². The molecule has 0 atom stereocenters. The fourth-order valence-electron chi connectivity index (χ4n) is 1.74. The van der Waals surface area contributed by atoms with Gasteiger partial charge in [0.2, 0.25) is 0 Å². The molecule has 1 N–H and O–H groups in total. The third-order valence-electron chi connectivity index (χ3n) is 2.70. The lowest BCUT2D eigenvalue weighted by Crippen LogP contribution is -2.05. The Morgan fingerprint density at radius 1 is 1.20 bits per heavy atom. The molecule has 2 aromatic rings. The number of rotatable bonds is 6. The summed E-state index contributed by atoms with van der Waals surface area (Å²) in [7, 11) is 0. The van der Waals surface area contributed by atoms with Gasteiger partial charge in [-0.15, -0.1) is 0 Å². The molecular weight excluding hydrogens is 272 g/mol. The Morgan fingerprint density at radius 3 is 2.85 bits per heavy atom. The number of hydrazone groups is 1. The number of hydrogen-bond donors (Lipinski definition) is 1. The van der Waals surface area contributed by atoms with Crippen LogP contribution < -0.4 is 10.2 Å². The zero-order valence-electron chi connectivity index (χ0n) is 11.3. The van der Waals surface area contributed by atoms with E-state index in [1.54, 1.807) is 6.21 Å². The van der Waals surface area contributed by atoms with Crippen molar-refractivity contribution in [1.29, 1.82) is 0 Å². The van der Waals surface area contributed by atoms with Crippen LogP contribution in [0.15, 0.2) is 53.6 Å². The van der Waals surface area contributed by atoms with Gasteiger partial charge in [-0.1, -0.05) is 41.9 Å². The molecule has 3 nitrogen and oxygen atoms in total. The van der Waals surface area contributed by atoms with Gasteiger partial charge in [0.1, 0.15) is 5.75 Å². The van der Waals surface area contributed by atoms with Crippen LogP contribution in [0.25, 0.3) is 0 Å². The fourth-order valence-corrected chi connectivity index (χ4v) is 1.95. The van der Waals surface area contributed by atoms with Crippen molar-refractivity contribution in [1.82, 2.24) is 5.43 Å². The van der Waals surface area contributed by atoms with Crippen molar-refractivity contribution in [3.63, 3.8) is 0 Å². The minimum atomic E-state index is 0.599. The standard InChI is InChI=1S/C16H17ClN2O/c1-2-20-15-8-5-6-13(10-15)11-18-19-12-14-7-3-4-9-16(14)17/h3-11,19H,2,12H2,1H3/b18-11-. The smallest absolute Gasteiger partial charge is 0.119 e. The maximum Gasteiger partial charge on any atom is 0.119 e. The van der Waals surface area contributed by atoms with Gasteiger partial charge in [-0.05, 0) is 36.2 Å². The maximum absolute atomic E-state index is 6.07. The van der Waals surface area contributed by atoms with Crippen molar-refractivity contribution >= 4 is 17.8 Å². The molecule has 2 rings (SSSR count). The molecule has 0 unspecified atom stereocenters. The molecule has 0 aromatic heterocycles. The summed E-state index contributed by atoms with van der Waals surface area (Å²) in [6.45, 7) is 3.22. The third kappa shape index (κ3) is 4.28. The van der Waals surface area contributed by atoms with E-state index in [9.17, 15) is 0 Å². The maximum atomic E-state index is 6.07. The summed E-state index contributed by atoms with van der Waals surface area (Å²) in [4.78, 5) is 0. The summed E-state index contributed by atoms with van der Waals surface area (Å²) in [5.74, 6) is 0.850. The van der Waals surface area contributed by atoms with Gasteiger partial charge >= 0.3 is 0 Å². The molecule has 0 aliphatic carbocycles. The van der Waals surface area contributed by atoms with Gasteiger partial charge in [0.05, 0.1) is 19.4 Å². The summed E-state index contributed by atoms with van der Waals surface area (Å²) in [5.41, 5.74) is 5.00. The Kier molecular flexibility index (Phi) is 5.44. The second-order valence-corrected chi connectivity index (χ2v) is 4.60. The summed E-state index contributed by atoms with van der Waals surface area (Å²) in [6, 6.07) is 15.5. The highest BCUT2D eigenvalue weighted by molar-refractivity contribution is 6.31. The van der Waals surface area contributed by atoms with Crippen molar-refractivity contribution in [3.8, 4) is 5.75 Å². The van der Waals surface area contributed by atoms with E-state index in [0.29, 0.717) is 13.2 Å². The Hall–Kier alpha value is -2.00. The predicted octanol–water partition coefficient (Wildman–Crippen LogP) is 3.86. The quantitative estimate of drug-likeness (QED) is 0.647. The third-order valence-corrected chi connectivity index (χ3v) is 3.07. The summed E-state index contributed by atoms with van der Waals surface area (Å²) in [6.07, 6.45) is 1.76. The molecule has 104 valence electrons. The lowest BCUT2D eigenvalue weighted by atomic mass is 10.2. The van der Waals surface area contributed by atoms with Gasteiger partial charge < -0.3 is 10.2 Å². The Bertz CT molecular complexity index is 584. The van der Waals surface area contributed by atoms with Crippen LogP contribution in [-0.2, 0) is 6.54 Å². The molecule has 0 saturated heterocycles. The lowest BCUT2D eigenvalue weighted by Gasteiger charge is -2.04. The van der Waals surface area contributed by atoms with E-state index >= 15 is 0 Å². The summed E-state index contributed by atoms with van der Waals surface area (Å²) in [5, 5.41) is 4.93. The summed E-state index contributed by atoms with van der Waals surface area (Å²) < 4.78 is 5.44. The van der Waals surface area contributed by atoms with Crippen molar-refractivity contribution < 1.29 is 4.74 Å². The zero-order valence-corrected chi connectivity index (χ0v) is 12.1. The van der Waals surface area contributed by atoms with Crippen LogP contribution in [0.3, 0.4) is 0 Å². The van der Waals surface area contributed by atoms with Gasteiger partial charge in [0.15, 0.2) is 0 Å². The second kappa shape index (κ2) is 7.56. The van der Waals surface area contributed by atoms with Crippen LogP contribution in [-0.4, -0.2) is 12.8 Å². The number of benzene rings is 2. The Morgan fingerprint density at radius 2 is 2.05 bits per heavy atom. The van der Waals surface area contributed by atoms with Gasteiger partial charge in [0, 0.05) is 5.02 Å². The number of hydrogen-bond acceptors (Lipinski definition) is 3. The molecule has 20 heavy (non-hydrogen) atoms. The molecule has 0 aliphatic heterocycles. The van der Waals surface area contributed by atoms with Crippen LogP contribution in [0.4, 0.5) is 0 Å². The SMILES string of the molecule is CCOc1cccc(/C=N\NCc2ccccc2Cl)c1. The molecule has 0 amide bonds. The first-order valence-corrected chi connectivity index (χ1v) is 6.89. The normalized spacial score (nSPS) is 10.7. The van der Waals surface area contributed by atoms with Crippen molar-refractivity contribution in [2.75, 3.05) is 6.61 Å². The Labute approximate surface area is 124 Å². The molecular formula is C16H17ClN2O. The van der Waals surface area contributed by atoms with Crippen LogP contribution in [0.5, 0.6) is 5.75 Å². The first-order chi connectivity index (χ1) is 9.79. The predicted molar refractivity (Wildman–Crippen MR) is 83.5 cm³/mol. The molecule has 0 saturated carbocycles. The molecule has 0 radical (unpaired) electrons. The van der Waals surface area contributed by atoms with Crippen LogP contribution in [0, 0.1) is 0 Å². The van der Waals surface area contributed by atoms with E-state index in [2.05, 4.69) is 10.5 Å². The highest BCUT2D eigenvalue weighted by atomic mass is 35.5. The van der Waals surface area contributed by atoms with Crippen LogP contribution >= 0.6 is 11.6 Å². The molecule has 0 aliphatic rings. The minimum absolute atomic E-state index is 0.599. The van der Waals surface area contributed by atoms with Gasteiger partial charge in [-0.3, -0.25) is 0 Å². The monoisotopic (exact) mass is 288 g/mol. The van der Waals surface area contributed by atoms with Gasteiger partial charge in [-0.2, -0.15) is 5.10 Å². The lowest BCUT2D eigenvalue weighted by molar-refractivity contribution is 0.340. The minimum Gasteiger partial charge on any atom is -0.494 e. The average molecular weight is 289 g/mol. The largest absolute Gasteiger partial charge is 0.494 e. The fraction of sp³-hybridized carbons (Fsp3) is 0.188. The first-order valence-electron chi connectivity index (χ1n) is 6.52. The van der Waals surface area contributed by atoms with Gasteiger partial charge in [-0.25, -0.2) is 0 Å². The number of ether oxygens (including phenoxy) is 1. The number of halogens is 1. The second-order valence-electron chi connectivity index (χ2n) is 4.19. The van der Waals surface area contributed by atoms with Gasteiger partial charge in [0.25, 0.3) is 0 Å². The Balaban J connectivity index is 1.90. The van der Waals surface area contributed by atoms with E-state index in [-0.39, 0.29) is 0 Å². The molecule has 2 aromatic carbocycles. The van der Waals surface area contributed by atoms with E-state index in [1.165, 1.54) is 0 Å². The van der Waals surface area contributed by atoms with Crippen molar-refractivity contribution in [2.24, 2.45) is 5.10 Å². The first kappa shape index (κ1) is 14.4. The van der Waals surface area contributed by atoms with E-state index in [1.807, 2.05) is 55.5 Å².